The van der Waals surface area contributed by atoms with Crippen molar-refractivity contribution in [3.8, 4) is 0 Å². The zero-order valence-corrected chi connectivity index (χ0v) is 6.86. The Morgan fingerprint density at radius 3 is 2.70 bits per heavy atom. The quantitative estimate of drug-likeness (QED) is 0.586. The SMILES string of the molecule is CCC1=NCNC(C)=C1C. The van der Waals surface area contributed by atoms with E-state index in [1.807, 2.05) is 0 Å². The smallest absolute Gasteiger partial charge is 0.107 e. The highest BCUT2D eigenvalue weighted by molar-refractivity contribution is 6.00. The summed E-state index contributed by atoms with van der Waals surface area (Å²) in [5.74, 6) is 0. The van der Waals surface area contributed by atoms with Crippen LogP contribution in [-0.2, 0) is 0 Å². The zero-order chi connectivity index (χ0) is 7.56. The fourth-order valence-corrected chi connectivity index (χ4v) is 1.10. The maximum absolute atomic E-state index is 4.33. The van der Waals surface area contributed by atoms with Gasteiger partial charge in [-0.2, -0.15) is 0 Å². The van der Waals surface area contributed by atoms with Crippen LogP contribution in [0.15, 0.2) is 16.3 Å². The third kappa shape index (κ3) is 1.20. The van der Waals surface area contributed by atoms with E-state index >= 15 is 0 Å². The lowest BCUT2D eigenvalue weighted by Crippen LogP contribution is -2.21. The summed E-state index contributed by atoms with van der Waals surface area (Å²) < 4.78 is 0. The van der Waals surface area contributed by atoms with E-state index in [-0.39, 0.29) is 0 Å². The van der Waals surface area contributed by atoms with E-state index in [9.17, 15) is 0 Å². The number of nitrogens with one attached hydrogen (secondary N) is 1. The molecule has 0 fully saturated rings. The van der Waals surface area contributed by atoms with Crippen LogP contribution in [0, 0.1) is 0 Å². The molecule has 0 unspecified atom stereocenters. The molecule has 0 aromatic heterocycles. The van der Waals surface area contributed by atoms with Gasteiger partial charge in [0.2, 0.25) is 0 Å². The lowest BCUT2D eigenvalue weighted by atomic mass is 10.1. The average Bonchev–Trinajstić information content (AvgIpc) is 1.95. The van der Waals surface area contributed by atoms with Gasteiger partial charge in [-0.15, -0.1) is 0 Å². The van der Waals surface area contributed by atoms with Gasteiger partial charge in [0.25, 0.3) is 0 Å². The molecule has 0 aliphatic carbocycles. The molecule has 1 heterocycles. The van der Waals surface area contributed by atoms with E-state index in [2.05, 4.69) is 31.1 Å². The first-order valence-electron chi connectivity index (χ1n) is 3.70. The molecule has 0 amide bonds. The minimum Gasteiger partial charge on any atom is -0.370 e. The van der Waals surface area contributed by atoms with E-state index in [4.69, 9.17) is 0 Å². The first kappa shape index (κ1) is 7.32. The van der Waals surface area contributed by atoms with Crippen molar-refractivity contribution in [3.05, 3.63) is 11.3 Å². The summed E-state index contributed by atoms with van der Waals surface area (Å²) in [6.45, 7) is 7.11. The van der Waals surface area contributed by atoms with Gasteiger partial charge in [0.05, 0.1) is 0 Å². The van der Waals surface area contributed by atoms with Gasteiger partial charge in [0.15, 0.2) is 0 Å². The summed E-state index contributed by atoms with van der Waals surface area (Å²) in [5.41, 5.74) is 3.83. The van der Waals surface area contributed by atoms with Gasteiger partial charge in [-0.05, 0) is 25.8 Å². The minimum atomic E-state index is 0.756. The Morgan fingerprint density at radius 1 is 1.50 bits per heavy atom. The number of aliphatic imine (C=N–C) groups is 1. The summed E-state index contributed by atoms with van der Waals surface area (Å²) in [7, 11) is 0. The van der Waals surface area contributed by atoms with Gasteiger partial charge in [-0.3, -0.25) is 4.99 Å². The fraction of sp³-hybridized carbons (Fsp3) is 0.625. The van der Waals surface area contributed by atoms with Crippen molar-refractivity contribution >= 4 is 5.71 Å². The van der Waals surface area contributed by atoms with E-state index in [0.717, 1.165) is 13.1 Å². The van der Waals surface area contributed by atoms with Crippen LogP contribution in [0.25, 0.3) is 0 Å². The molecular weight excluding hydrogens is 124 g/mol. The van der Waals surface area contributed by atoms with Crippen LogP contribution in [-0.4, -0.2) is 12.4 Å². The topological polar surface area (TPSA) is 24.4 Å². The fourth-order valence-electron chi connectivity index (χ4n) is 1.10. The molecule has 2 heteroatoms. The second kappa shape index (κ2) is 2.86. The lowest BCUT2D eigenvalue weighted by Gasteiger charge is -2.16. The summed E-state index contributed by atoms with van der Waals surface area (Å²) in [6, 6.07) is 0. The van der Waals surface area contributed by atoms with Crippen LogP contribution in [0.4, 0.5) is 0 Å². The van der Waals surface area contributed by atoms with Gasteiger partial charge in [0, 0.05) is 11.4 Å². The zero-order valence-electron chi connectivity index (χ0n) is 6.86. The monoisotopic (exact) mass is 138 g/mol. The van der Waals surface area contributed by atoms with Gasteiger partial charge < -0.3 is 5.32 Å². The standard InChI is InChI=1S/C8H14N2/c1-4-8-6(2)7(3)9-5-10-8/h9H,4-5H2,1-3H3. The third-order valence-electron chi connectivity index (χ3n) is 1.94. The van der Waals surface area contributed by atoms with Gasteiger partial charge >= 0.3 is 0 Å². The average molecular weight is 138 g/mol. The molecule has 0 atom stereocenters. The summed E-state index contributed by atoms with van der Waals surface area (Å²) in [5, 5.41) is 3.19. The maximum atomic E-state index is 4.33. The predicted octanol–water partition coefficient (Wildman–Crippen LogP) is 1.69. The number of hydrogen-bond acceptors (Lipinski definition) is 2. The van der Waals surface area contributed by atoms with Gasteiger partial charge in [-0.25, -0.2) is 0 Å². The summed E-state index contributed by atoms with van der Waals surface area (Å²) in [6.07, 6.45) is 1.05. The molecular formula is C8H14N2. The molecule has 0 spiro atoms. The van der Waals surface area contributed by atoms with Gasteiger partial charge in [0.1, 0.15) is 6.67 Å². The number of hydrogen-bond donors (Lipinski definition) is 1. The van der Waals surface area contributed by atoms with Crippen molar-refractivity contribution in [2.24, 2.45) is 4.99 Å². The molecule has 0 bridgehead atoms. The molecule has 0 aromatic rings. The highest BCUT2D eigenvalue weighted by Gasteiger charge is 2.06. The molecule has 0 saturated carbocycles. The Balaban J connectivity index is 2.83. The van der Waals surface area contributed by atoms with Crippen LogP contribution in [0.1, 0.15) is 27.2 Å². The molecule has 1 aliphatic rings. The van der Waals surface area contributed by atoms with Crippen molar-refractivity contribution in [2.75, 3.05) is 6.67 Å². The van der Waals surface area contributed by atoms with Crippen molar-refractivity contribution in [2.45, 2.75) is 27.2 Å². The number of rotatable bonds is 1. The maximum Gasteiger partial charge on any atom is 0.107 e. The molecule has 10 heavy (non-hydrogen) atoms. The van der Waals surface area contributed by atoms with Crippen LogP contribution >= 0.6 is 0 Å². The normalized spacial score (nSPS) is 18.5. The second-order valence-corrected chi connectivity index (χ2v) is 2.54. The molecule has 56 valence electrons. The van der Waals surface area contributed by atoms with Crippen molar-refractivity contribution in [3.63, 3.8) is 0 Å². The van der Waals surface area contributed by atoms with Crippen molar-refractivity contribution in [1.29, 1.82) is 0 Å². The van der Waals surface area contributed by atoms with Crippen molar-refractivity contribution < 1.29 is 0 Å². The lowest BCUT2D eigenvalue weighted by molar-refractivity contribution is 0.797. The van der Waals surface area contributed by atoms with Crippen molar-refractivity contribution in [1.82, 2.24) is 5.32 Å². The second-order valence-electron chi connectivity index (χ2n) is 2.54. The Hall–Kier alpha value is -0.790. The van der Waals surface area contributed by atoms with E-state index in [1.54, 1.807) is 0 Å². The first-order valence-corrected chi connectivity index (χ1v) is 3.70. The minimum absolute atomic E-state index is 0.756. The largest absolute Gasteiger partial charge is 0.370 e. The summed E-state index contributed by atoms with van der Waals surface area (Å²) in [4.78, 5) is 4.33. The molecule has 0 saturated heterocycles. The third-order valence-corrected chi connectivity index (χ3v) is 1.94. The van der Waals surface area contributed by atoms with Crippen LogP contribution in [0.5, 0.6) is 0 Å². The van der Waals surface area contributed by atoms with E-state index < -0.39 is 0 Å². The molecule has 1 N–H and O–H groups in total. The highest BCUT2D eigenvalue weighted by Crippen LogP contribution is 2.09. The Bertz CT molecular complexity index is 189. The predicted molar refractivity (Wildman–Crippen MR) is 44.1 cm³/mol. The van der Waals surface area contributed by atoms with Gasteiger partial charge in [-0.1, -0.05) is 6.92 Å². The Morgan fingerprint density at radius 2 is 2.20 bits per heavy atom. The van der Waals surface area contributed by atoms with E-state index in [1.165, 1.54) is 17.0 Å². The van der Waals surface area contributed by atoms with E-state index in [0.29, 0.717) is 0 Å². The van der Waals surface area contributed by atoms with Crippen LogP contribution in [0.3, 0.4) is 0 Å². The molecule has 1 rings (SSSR count). The summed E-state index contributed by atoms with van der Waals surface area (Å²) >= 11 is 0. The van der Waals surface area contributed by atoms with Crippen LogP contribution < -0.4 is 5.32 Å². The molecule has 0 radical (unpaired) electrons. The molecule has 2 nitrogen and oxygen atoms in total. The molecule has 0 aromatic carbocycles. The Labute approximate surface area is 62.0 Å². The highest BCUT2D eigenvalue weighted by atomic mass is 15.0. The number of allylic oxidation sites excluding steroid dienone is 2. The van der Waals surface area contributed by atoms with Crippen LogP contribution in [0.2, 0.25) is 0 Å². The Kier molecular flexibility index (Phi) is 2.10. The number of nitrogens with zero attached hydrogens (tertiary/aromatic N) is 1. The molecule has 1 aliphatic heterocycles. The first-order chi connectivity index (χ1) is 4.75.